The number of nitrogen functional groups attached to an aromatic ring is 1. The maximum absolute atomic E-state index is 12.0. The van der Waals surface area contributed by atoms with Crippen molar-refractivity contribution in [2.45, 2.75) is 19.9 Å². The Balaban J connectivity index is 2.44. The van der Waals surface area contributed by atoms with Crippen molar-refractivity contribution in [1.82, 2.24) is 15.0 Å². The Morgan fingerprint density at radius 1 is 1.33 bits per heavy atom. The molecule has 2 rings (SSSR count). The number of hydrogen-bond acceptors (Lipinski definition) is 6. The van der Waals surface area contributed by atoms with E-state index in [1.165, 1.54) is 0 Å². The Labute approximate surface area is 122 Å². The van der Waals surface area contributed by atoms with Gasteiger partial charge in [-0.05, 0) is 32.0 Å². The number of rotatable bonds is 6. The van der Waals surface area contributed by atoms with Crippen molar-refractivity contribution >= 4 is 11.7 Å². The average Bonchev–Trinajstić information content (AvgIpc) is 2.90. The van der Waals surface area contributed by atoms with Crippen molar-refractivity contribution < 1.29 is 9.53 Å². The zero-order chi connectivity index (χ0) is 15.2. The first-order chi connectivity index (χ1) is 10.2. The number of esters is 1. The van der Waals surface area contributed by atoms with Gasteiger partial charge in [-0.25, -0.2) is 9.48 Å². The number of nitrogens with two attached hydrogens (primary N) is 2. The molecule has 7 nitrogen and oxygen atoms in total. The molecule has 21 heavy (non-hydrogen) atoms. The first-order valence-corrected chi connectivity index (χ1v) is 6.84. The minimum atomic E-state index is -0.483. The summed E-state index contributed by atoms with van der Waals surface area (Å²) >= 11 is 0. The van der Waals surface area contributed by atoms with Gasteiger partial charge in [-0.15, -0.1) is 5.10 Å². The molecule has 0 atom stereocenters. The summed E-state index contributed by atoms with van der Waals surface area (Å²) in [7, 11) is 0. The Morgan fingerprint density at radius 3 is 2.67 bits per heavy atom. The SMILES string of the molecule is CCOC(=O)c1nnn(CCCN)c1-c1ccc(N)cc1. The second-order valence-electron chi connectivity index (χ2n) is 4.49. The molecule has 112 valence electrons. The van der Waals surface area contributed by atoms with Crippen molar-refractivity contribution in [3.63, 3.8) is 0 Å². The van der Waals surface area contributed by atoms with Crippen molar-refractivity contribution in [1.29, 1.82) is 0 Å². The second kappa shape index (κ2) is 6.85. The average molecular weight is 289 g/mol. The second-order valence-corrected chi connectivity index (χ2v) is 4.49. The molecule has 0 aliphatic carbocycles. The van der Waals surface area contributed by atoms with Gasteiger partial charge in [-0.1, -0.05) is 17.3 Å². The van der Waals surface area contributed by atoms with Crippen LogP contribution in [0.3, 0.4) is 0 Å². The zero-order valence-corrected chi connectivity index (χ0v) is 12.0. The number of nitrogens with zero attached hydrogens (tertiary/aromatic N) is 3. The van der Waals surface area contributed by atoms with E-state index in [9.17, 15) is 4.79 Å². The number of aromatic nitrogens is 3. The zero-order valence-electron chi connectivity index (χ0n) is 12.0. The lowest BCUT2D eigenvalue weighted by Gasteiger charge is -2.08. The minimum absolute atomic E-state index is 0.207. The largest absolute Gasteiger partial charge is 0.461 e. The molecule has 4 N–H and O–H groups in total. The first kappa shape index (κ1) is 15.0. The monoisotopic (exact) mass is 289 g/mol. The van der Waals surface area contributed by atoms with Crippen LogP contribution in [0.1, 0.15) is 23.8 Å². The Bertz CT molecular complexity index is 606. The predicted octanol–water partition coefficient (Wildman–Crippen LogP) is 1.05. The van der Waals surface area contributed by atoms with Gasteiger partial charge in [0.15, 0.2) is 5.69 Å². The molecule has 0 unspecified atom stereocenters. The van der Waals surface area contributed by atoms with E-state index in [0.717, 1.165) is 12.0 Å². The van der Waals surface area contributed by atoms with E-state index in [4.69, 9.17) is 16.2 Å². The van der Waals surface area contributed by atoms with Crippen LogP contribution in [0.2, 0.25) is 0 Å². The van der Waals surface area contributed by atoms with Gasteiger partial charge in [0.05, 0.1) is 6.61 Å². The number of benzene rings is 1. The molecule has 0 aliphatic rings. The fourth-order valence-corrected chi connectivity index (χ4v) is 1.97. The molecule has 1 aromatic carbocycles. The number of ether oxygens (including phenoxy) is 1. The molecule has 0 spiro atoms. The Kier molecular flexibility index (Phi) is 4.89. The molecule has 0 bridgehead atoms. The maximum atomic E-state index is 12.0. The summed E-state index contributed by atoms with van der Waals surface area (Å²) in [5.41, 5.74) is 13.5. The summed E-state index contributed by atoms with van der Waals surface area (Å²) in [5, 5.41) is 7.99. The number of anilines is 1. The fourth-order valence-electron chi connectivity index (χ4n) is 1.97. The third-order valence-corrected chi connectivity index (χ3v) is 2.96. The molecule has 7 heteroatoms. The summed E-state index contributed by atoms with van der Waals surface area (Å²) < 4.78 is 6.70. The van der Waals surface area contributed by atoms with E-state index in [-0.39, 0.29) is 12.3 Å². The quantitative estimate of drug-likeness (QED) is 0.607. The lowest BCUT2D eigenvalue weighted by Crippen LogP contribution is -2.10. The van der Waals surface area contributed by atoms with Crippen LogP contribution in [0.15, 0.2) is 24.3 Å². The van der Waals surface area contributed by atoms with Gasteiger partial charge in [0.1, 0.15) is 5.69 Å². The molecular weight excluding hydrogens is 270 g/mol. The van der Waals surface area contributed by atoms with Crippen LogP contribution in [0, 0.1) is 0 Å². The molecule has 0 radical (unpaired) electrons. The van der Waals surface area contributed by atoms with Gasteiger partial charge < -0.3 is 16.2 Å². The minimum Gasteiger partial charge on any atom is -0.461 e. The molecule has 0 aliphatic heterocycles. The molecule has 1 heterocycles. The van der Waals surface area contributed by atoms with Crippen molar-refractivity contribution in [3.05, 3.63) is 30.0 Å². The van der Waals surface area contributed by atoms with Gasteiger partial charge in [0.2, 0.25) is 0 Å². The van der Waals surface area contributed by atoms with Crippen LogP contribution in [-0.2, 0) is 11.3 Å². The van der Waals surface area contributed by atoms with E-state index >= 15 is 0 Å². The highest BCUT2D eigenvalue weighted by atomic mass is 16.5. The highest BCUT2D eigenvalue weighted by molar-refractivity contribution is 5.94. The summed E-state index contributed by atoms with van der Waals surface area (Å²) in [6.07, 6.45) is 0.744. The van der Waals surface area contributed by atoms with Crippen molar-refractivity contribution in [2.75, 3.05) is 18.9 Å². The maximum Gasteiger partial charge on any atom is 0.361 e. The molecule has 1 aromatic heterocycles. The summed E-state index contributed by atoms with van der Waals surface area (Å²) in [6, 6.07) is 7.19. The van der Waals surface area contributed by atoms with Crippen LogP contribution >= 0.6 is 0 Å². The van der Waals surface area contributed by atoms with E-state index in [1.807, 2.05) is 12.1 Å². The highest BCUT2D eigenvalue weighted by Gasteiger charge is 2.21. The lowest BCUT2D eigenvalue weighted by atomic mass is 10.1. The van der Waals surface area contributed by atoms with E-state index in [0.29, 0.717) is 24.5 Å². The number of carbonyl (C=O) groups excluding carboxylic acids is 1. The normalized spacial score (nSPS) is 10.6. The van der Waals surface area contributed by atoms with Gasteiger partial charge in [0.25, 0.3) is 0 Å². The number of carbonyl (C=O) groups is 1. The third kappa shape index (κ3) is 3.38. The fraction of sp³-hybridized carbons (Fsp3) is 0.357. The van der Waals surface area contributed by atoms with Crippen molar-refractivity contribution in [3.8, 4) is 11.3 Å². The summed E-state index contributed by atoms with van der Waals surface area (Å²) in [6.45, 7) is 3.16. The lowest BCUT2D eigenvalue weighted by molar-refractivity contribution is 0.0520. The number of aryl methyl sites for hydroxylation is 1. The van der Waals surface area contributed by atoms with E-state index < -0.39 is 5.97 Å². The third-order valence-electron chi connectivity index (χ3n) is 2.96. The molecule has 2 aromatic rings. The molecular formula is C14H19N5O2. The predicted molar refractivity (Wildman–Crippen MR) is 79.5 cm³/mol. The van der Waals surface area contributed by atoms with Crippen molar-refractivity contribution in [2.24, 2.45) is 5.73 Å². The van der Waals surface area contributed by atoms with Gasteiger partial charge in [-0.3, -0.25) is 0 Å². The van der Waals surface area contributed by atoms with Crippen LogP contribution in [-0.4, -0.2) is 34.1 Å². The Morgan fingerprint density at radius 2 is 2.05 bits per heavy atom. The van der Waals surface area contributed by atoms with E-state index in [2.05, 4.69) is 10.3 Å². The molecule has 0 saturated carbocycles. The van der Waals surface area contributed by atoms with Crippen LogP contribution in [0.5, 0.6) is 0 Å². The standard InChI is InChI=1S/C14H19N5O2/c1-2-21-14(20)12-13(10-4-6-11(16)7-5-10)19(18-17-12)9-3-8-15/h4-7H,2-3,8-9,15-16H2,1H3. The van der Waals surface area contributed by atoms with Gasteiger partial charge in [-0.2, -0.15) is 0 Å². The summed E-state index contributed by atoms with van der Waals surface area (Å²) in [5.74, 6) is -0.483. The number of hydrogen-bond donors (Lipinski definition) is 2. The molecule has 0 fully saturated rings. The van der Waals surface area contributed by atoms with Gasteiger partial charge >= 0.3 is 5.97 Å². The molecule has 0 saturated heterocycles. The topological polar surface area (TPSA) is 109 Å². The summed E-state index contributed by atoms with van der Waals surface area (Å²) in [4.78, 5) is 12.0. The van der Waals surface area contributed by atoms with Crippen LogP contribution < -0.4 is 11.5 Å². The van der Waals surface area contributed by atoms with Crippen LogP contribution in [0.25, 0.3) is 11.3 Å². The smallest absolute Gasteiger partial charge is 0.361 e. The molecule has 0 amide bonds. The van der Waals surface area contributed by atoms with Crippen LogP contribution in [0.4, 0.5) is 5.69 Å². The Hall–Kier alpha value is -2.41. The van der Waals surface area contributed by atoms with Gasteiger partial charge in [0, 0.05) is 17.8 Å². The van der Waals surface area contributed by atoms with E-state index in [1.54, 1.807) is 23.7 Å². The first-order valence-electron chi connectivity index (χ1n) is 6.84. The highest BCUT2D eigenvalue weighted by Crippen LogP contribution is 2.24.